The van der Waals surface area contributed by atoms with E-state index in [1.54, 1.807) is 37.3 Å². The summed E-state index contributed by atoms with van der Waals surface area (Å²) >= 11 is 0. The SMILES string of the molecule is Cc1oc2cc(OC(=O)C(C)N)ccc2c(=O)c1-c1ccc2c(c1)OCCO2. The van der Waals surface area contributed by atoms with Gasteiger partial charge in [0.05, 0.1) is 10.9 Å². The molecule has 0 amide bonds. The predicted octanol–water partition coefficient (Wildman–Crippen LogP) is 2.79. The Hall–Kier alpha value is -3.32. The summed E-state index contributed by atoms with van der Waals surface area (Å²) in [5, 5.41) is 0.385. The van der Waals surface area contributed by atoms with E-state index < -0.39 is 12.0 Å². The number of rotatable bonds is 3. The van der Waals surface area contributed by atoms with Crippen LogP contribution in [0.15, 0.2) is 45.6 Å². The highest BCUT2D eigenvalue weighted by Gasteiger charge is 2.18. The summed E-state index contributed by atoms with van der Waals surface area (Å²) in [6.45, 7) is 4.21. The molecule has 1 aliphatic rings. The lowest BCUT2D eigenvalue weighted by Crippen LogP contribution is -2.30. The van der Waals surface area contributed by atoms with Crippen molar-refractivity contribution in [2.45, 2.75) is 19.9 Å². The molecular formula is C21H19NO6. The smallest absolute Gasteiger partial charge is 0.328 e. The fourth-order valence-corrected chi connectivity index (χ4v) is 3.09. The Bertz CT molecular complexity index is 1130. The molecule has 1 atom stereocenters. The summed E-state index contributed by atoms with van der Waals surface area (Å²) in [4.78, 5) is 24.8. The standard InChI is InChI=1S/C21H19NO6/c1-11(22)21(24)28-14-4-5-15-17(10-14)27-12(2)19(20(15)23)13-3-6-16-18(9-13)26-8-7-25-16/h3-6,9-11H,7-8,22H2,1-2H3. The minimum Gasteiger partial charge on any atom is -0.486 e. The third-order valence-corrected chi connectivity index (χ3v) is 4.46. The summed E-state index contributed by atoms with van der Waals surface area (Å²) in [6.07, 6.45) is 0. The molecule has 0 saturated carbocycles. The first-order valence-electron chi connectivity index (χ1n) is 8.89. The van der Waals surface area contributed by atoms with Crippen LogP contribution < -0.4 is 25.4 Å². The zero-order valence-corrected chi connectivity index (χ0v) is 15.5. The van der Waals surface area contributed by atoms with Crippen molar-refractivity contribution in [3.05, 3.63) is 52.4 Å². The Morgan fingerprint density at radius 3 is 2.61 bits per heavy atom. The van der Waals surface area contributed by atoms with Crippen LogP contribution in [0.2, 0.25) is 0 Å². The van der Waals surface area contributed by atoms with Crippen molar-refractivity contribution in [1.82, 2.24) is 0 Å². The lowest BCUT2D eigenvalue weighted by atomic mass is 10.0. The third kappa shape index (κ3) is 3.20. The summed E-state index contributed by atoms with van der Waals surface area (Å²) in [5.41, 5.74) is 6.80. The molecule has 2 aromatic carbocycles. The van der Waals surface area contributed by atoms with Crippen LogP contribution in [0.1, 0.15) is 12.7 Å². The van der Waals surface area contributed by atoms with Gasteiger partial charge in [-0.15, -0.1) is 0 Å². The highest BCUT2D eigenvalue weighted by atomic mass is 16.6. The van der Waals surface area contributed by atoms with Crippen molar-refractivity contribution in [2.24, 2.45) is 5.73 Å². The molecule has 0 bridgehead atoms. The van der Waals surface area contributed by atoms with Crippen LogP contribution in [0, 0.1) is 6.92 Å². The van der Waals surface area contributed by atoms with Crippen LogP contribution in [0.5, 0.6) is 17.2 Å². The minimum absolute atomic E-state index is 0.180. The Kier molecular flexibility index (Phi) is 4.52. The van der Waals surface area contributed by atoms with E-state index in [0.29, 0.717) is 52.6 Å². The maximum atomic E-state index is 13.1. The van der Waals surface area contributed by atoms with Crippen LogP contribution in [0.3, 0.4) is 0 Å². The van der Waals surface area contributed by atoms with Crippen LogP contribution in [0.25, 0.3) is 22.1 Å². The lowest BCUT2D eigenvalue weighted by Gasteiger charge is -2.19. The Labute approximate surface area is 160 Å². The molecule has 1 unspecified atom stereocenters. The van der Waals surface area contributed by atoms with E-state index >= 15 is 0 Å². The monoisotopic (exact) mass is 381 g/mol. The number of aryl methyl sites for hydroxylation is 1. The number of carbonyl (C=O) groups excluding carboxylic acids is 1. The van der Waals surface area contributed by atoms with Crippen LogP contribution >= 0.6 is 0 Å². The molecule has 7 heteroatoms. The van der Waals surface area contributed by atoms with Crippen molar-refractivity contribution >= 4 is 16.9 Å². The van der Waals surface area contributed by atoms with Crippen molar-refractivity contribution in [3.8, 4) is 28.4 Å². The van der Waals surface area contributed by atoms with Gasteiger partial charge in [0.1, 0.15) is 36.3 Å². The molecule has 4 rings (SSSR count). The third-order valence-electron chi connectivity index (χ3n) is 4.46. The highest BCUT2D eigenvalue weighted by Crippen LogP contribution is 2.35. The molecule has 1 aromatic heterocycles. The molecule has 28 heavy (non-hydrogen) atoms. The molecule has 1 aliphatic heterocycles. The number of fused-ring (bicyclic) bond motifs is 2. The van der Waals surface area contributed by atoms with E-state index in [0.717, 1.165) is 0 Å². The largest absolute Gasteiger partial charge is 0.486 e. The average Bonchev–Trinajstić information content (AvgIpc) is 2.67. The fourth-order valence-electron chi connectivity index (χ4n) is 3.09. The molecule has 2 N–H and O–H groups in total. The number of nitrogens with two attached hydrogens (primary N) is 1. The first kappa shape index (κ1) is 18.1. The minimum atomic E-state index is -0.748. The van der Waals surface area contributed by atoms with Gasteiger partial charge in [-0.2, -0.15) is 0 Å². The van der Waals surface area contributed by atoms with E-state index in [2.05, 4.69) is 0 Å². The molecule has 0 spiro atoms. The van der Waals surface area contributed by atoms with Gasteiger partial charge >= 0.3 is 5.97 Å². The quantitative estimate of drug-likeness (QED) is 0.550. The second-order valence-corrected chi connectivity index (χ2v) is 6.59. The fraction of sp³-hybridized carbons (Fsp3) is 0.238. The lowest BCUT2D eigenvalue weighted by molar-refractivity contribution is -0.135. The first-order chi connectivity index (χ1) is 13.4. The van der Waals surface area contributed by atoms with Gasteiger partial charge < -0.3 is 24.4 Å². The van der Waals surface area contributed by atoms with E-state index in [-0.39, 0.29) is 11.2 Å². The molecule has 144 valence electrons. The van der Waals surface area contributed by atoms with Gasteiger partial charge in [-0.3, -0.25) is 4.79 Å². The molecule has 0 radical (unpaired) electrons. The van der Waals surface area contributed by atoms with Crippen molar-refractivity contribution in [2.75, 3.05) is 13.2 Å². The van der Waals surface area contributed by atoms with Gasteiger partial charge in [-0.05, 0) is 43.7 Å². The summed E-state index contributed by atoms with van der Waals surface area (Å²) in [7, 11) is 0. The van der Waals surface area contributed by atoms with Crippen molar-refractivity contribution < 1.29 is 23.4 Å². The van der Waals surface area contributed by atoms with Gasteiger partial charge in [0.15, 0.2) is 11.5 Å². The maximum Gasteiger partial charge on any atom is 0.328 e. The normalized spacial score (nSPS) is 14.0. The summed E-state index contributed by atoms with van der Waals surface area (Å²) in [6, 6.07) is 9.24. The van der Waals surface area contributed by atoms with E-state index in [1.165, 1.54) is 13.0 Å². The number of esters is 1. The number of hydrogen-bond donors (Lipinski definition) is 1. The van der Waals surface area contributed by atoms with Gasteiger partial charge in [0.2, 0.25) is 5.43 Å². The second kappa shape index (κ2) is 7.01. The number of ether oxygens (including phenoxy) is 3. The van der Waals surface area contributed by atoms with Crippen LogP contribution in [-0.4, -0.2) is 25.2 Å². The molecule has 7 nitrogen and oxygen atoms in total. The first-order valence-corrected chi connectivity index (χ1v) is 8.89. The zero-order valence-electron chi connectivity index (χ0n) is 15.5. The average molecular weight is 381 g/mol. The number of benzene rings is 2. The summed E-state index contributed by atoms with van der Waals surface area (Å²) in [5.74, 6) is 1.40. The van der Waals surface area contributed by atoms with E-state index in [1.807, 2.05) is 0 Å². The van der Waals surface area contributed by atoms with Crippen molar-refractivity contribution in [3.63, 3.8) is 0 Å². The van der Waals surface area contributed by atoms with Crippen molar-refractivity contribution in [1.29, 1.82) is 0 Å². The van der Waals surface area contributed by atoms with Gasteiger partial charge in [-0.1, -0.05) is 6.07 Å². The predicted molar refractivity (Wildman–Crippen MR) is 103 cm³/mol. The number of carbonyl (C=O) groups is 1. The molecule has 0 fully saturated rings. The van der Waals surface area contributed by atoms with E-state index in [9.17, 15) is 9.59 Å². The Morgan fingerprint density at radius 2 is 1.86 bits per heavy atom. The molecule has 0 aliphatic carbocycles. The molecule has 2 heterocycles. The topological polar surface area (TPSA) is 101 Å². The molecular weight excluding hydrogens is 362 g/mol. The van der Waals surface area contributed by atoms with Crippen LogP contribution in [-0.2, 0) is 4.79 Å². The van der Waals surface area contributed by atoms with Crippen LogP contribution in [0.4, 0.5) is 0 Å². The highest BCUT2D eigenvalue weighted by molar-refractivity contribution is 5.85. The van der Waals surface area contributed by atoms with Gasteiger partial charge in [-0.25, -0.2) is 4.79 Å². The van der Waals surface area contributed by atoms with Gasteiger partial charge in [0, 0.05) is 6.07 Å². The number of hydrogen-bond acceptors (Lipinski definition) is 7. The molecule has 0 saturated heterocycles. The Morgan fingerprint density at radius 1 is 1.11 bits per heavy atom. The maximum absolute atomic E-state index is 13.1. The zero-order chi connectivity index (χ0) is 19.8. The van der Waals surface area contributed by atoms with E-state index in [4.69, 9.17) is 24.4 Å². The second-order valence-electron chi connectivity index (χ2n) is 6.59. The molecule has 3 aromatic rings. The summed E-state index contributed by atoms with van der Waals surface area (Å²) < 4.78 is 22.2. The van der Waals surface area contributed by atoms with Gasteiger partial charge in [0.25, 0.3) is 0 Å². The Balaban J connectivity index is 1.78.